The van der Waals surface area contributed by atoms with Gasteiger partial charge in [-0.1, -0.05) is 42.5 Å². The van der Waals surface area contributed by atoms with E-state index >= 15 is 0 Å². The first kappa shape index (κ1) is 33.7. The van der Waals surface area contributed by atoms with Crippen molar-refractivity contribution in [2.45, 2.75) is 58.3 Å². The molecule has 0 spiro atoms. The summed E-state index contributed by atoms with van der Waals surface area (Å²) < 4.78 is 27.5. The van der Waals surface area contributed by atoms with Crippen LogP contribution in [0.25, 0.3) is 22.5 Å². The number of thiocarbonyl (C=S) groups is 1. The van der Waals surface area contributed by atoms with Crippen molar-refractivity contribution in [3.8, 4) is 28.3 Å². The third-order valence-corrected chi connectivity index (χ3v) is 6.69. The van der Waals surface area contributed by atoms with E-state index in [4.69, 9.17) is 35.9 Å². The highest BCUT2D eigenvalue weighted by Crippen LogP contribution is 2.31. The number of carbonyl (C=O) groups excluding carboxylic acids is 4. The molecule has 3 aromatic rings. The molecule has 1 fully saturated rings. The van der Waals surface area contributed by atoms with Crippen LogP contribution in [0.15, 0.2) is 60.7 Å². The first-order valence-corrected chi connectivity index (χ1v) is 14.4. The average Bonchev–Trinajstić information content (AvgIpc) is 2.99. The van der Waals surface area contributed by atoms with E-state index < -0.39 is 61.1 Å². The van der Waals surface area contributed by atoms with Gasteiger partial charge in [0.05, 0.1) is 11.4 Å². The Morgan fingerprint density at radius 2 is 1.39 bits per heavy atom. The highest BCUT2D eigenvalue weighted by atomic mass is 32.1. The van der Waals surface area contributed by atoms with Crippen LogP contribution in [0.3, 0.4) is 0 Å². The molecule has 1 aliphatic rings. The maximum Gasteiger partial charge on any atom is 0.303 e. The zero-order valence-corrected chi connectivity index (χ0v) is 26.1. The van der Waals surface area contributed by atoms with Gasteiger partial charge in [-0.2, -0.15) is 0 Å². The Morgan fingerprint density at radius 1 is 0.804 bits per heavy atom. The Balaban J connectivity index is 1.68. The Morgan fingerprint density at radius 3 is 2.02 bits per heavy atom. The zero-order chi connectivity index (χ0) is 33.4. The molecule has 2 aromatic carbocycles. The standard InChI is InChI=1S/C31H32N4O10S/c1-16(36)41-15-25-26(42-17(2)37)27(43-18(3)38)28(44-19(4)39)29(45-25)34-31(46)35-30-32-22(20-10-6-5-7-11-20)14-23(33-30)21-12-8-9-13-24(21)40/h5-14,25-29,40H,15H2,1-4H3,(H2,32,33,34,35,46). The molecular weight excluding hydrogens is 620 g/mol. The van der Waals surface area contributed by atoms with E-state index in [1.165, 1.54) is 13.0 Å². The number of para-hydroxylation sites is 1. The van der Waals surface area contributed by atoms with Crippen LogP contribution in [-0.2, 0) is 42.9 Å². The minimum atomic E-state index is -1.38. The number of esters is 4. The number of phenolic OH excluding ortho intramolecular Hbond substituents is 1. The Labute approximate surface area is 269 Å². The first-order chi connectivity index (χ1) is 21.9. The van der Waals surface area contributed by atoms with Crippen LogP contribution >= 0.6 is 12.2 Å². The summed E-state index contributed by atoms with van der Waals surface area (Å²) in [6, 6.07) is 17.7. The number of aromatic hydroxyl groups is 1. The summed E-state index contributed by atoms with van der Waals surface area (Å²) in [5.74, 6) is -2.88. The maximum absolute atomic E-state index is 12.2. The molecule has 1 saturated heterocycles. The summed E-state index contributed by atoms with van der Waals surface area (Å²) >= 11 is 5.55. The molecule has 2 heterocycles. The number of nitrogens with one attached hydrogen (secondary N) is 2. The Hall–Kier alpha value is -5.15. The number of anilines is 1. The number of hydrogen-bond donors (Lipinski definition) is 3. The molecule has 3 N–H and O–H groups in total. The second-order valence-corrected chi connectivity index (χ2v) is 10.5. The largest absolute Gasteiger partial charge is 0.507 e. The van der Waals surface area contributed by atoms with Crippen LogP contribution in [-0.4, -0.2) is 81.3 Å². The summed E-state index contributed by atoms with van der Waals surface area (Å²) in [7, 11) is 0. The lowest BCUT2D eigenvalue weighted by Crippen LogP contribution is -2.66. The Bertz CT molecular complexity index is 1610. The van der Waals surface area contributed by atoms with Gasteiger partial charge in [-0.05, 0) is 30.4 Å². The molecule has 4 rings (SSSR count). The predicted octanol–water partition coefficient (Wildman–Crippen LogP) is 2.89. The topological polar surface area (TPSA) is 184 Å². The van der Waals surface area contributed by atoms with Gasteiger partial charge in [-0.15, -0.1) is 0 Å². The van der Waals surface area contributed by atoms with Crippen LogP contribution in [0.5, 0.6) is 5.75 Å². The molecule has 0 amide bonds. The van der Waals surface area contributed by atoms with Crippen molar-refractivity contribution < 1.29 is 48.0 Å². The van der Waals surface area contributed by atoms with E-state index in [1.54, 1.807) is 24.3 Å². The molecule has 15 heteroatoms. The van der Waals surface area contributed by atoms with Gasteiger partial charge in [-0.3, -0.25) is 19.2 Å². The normalized spacial score (nSPS) is 20.5. The molecule has 0 saturated carbocycles. The van der Waals surface area contributed by atoms with Crippen molar-refractivity contribution in [1.29, 1.82) is 0 Å². The SMILES string of the molecule is CC(=O)OCC1OC(NC(=S)Nc2nc(-c3ccccc3)cc(-c3ccccc3O)n2)C(OC(C)=O)C(OC(C)=O)C1OC(C)=O. The molecule has 14 nitrogen and oxygen atoms in total. The summed E-state index contributed by atoms with van der Waals surface area (Å²) in [5.41, 5.74) is 2.13. The van der Waals surface area contributed by atoms with Crippen molar-refractivity contribution in [2.75, 3.05) is 11.9 Å². The minimum Gasteiger partial charge on any atom is -0.507 e. The predicted molar refractivity (Wildman–Crippen MR) is 166 cm³/mol. The van der Waals surface area contributed by atoms with Crippen molar-refractivity contribution in [3.63, 3.8) is 0 Å². The molecule has 5 unspecified atom stereocenters. The van der Waals surface area contributed by atoms with Gasteiger partial charge in [-0.25, -0.2) is 9.97 Å². The van der Waals surface area contributed by atoms with Crippen LogP contribution in [0, 0.1) is 0 Å². The maximum atomic E-state index is 12.2. The number of phenols is 1. The number of benzene rings is 2. The lowest BCUT2D eigenvalue weighted by Gasteiger charge is -2.44. The van der Waals surface area contributed by atoms with Crippen LogP contribution < -0.4 is 10.6 Å². The fraction of sp³-hybridized carbons (Fsp3) is 0.323. The second-order valence-electron chi connectivity index (χ2n) is 10.1. The van der Waals surface area contributed by atoms with E-state index in [9.17, 15) is 24.3 Å². The highest BCUT2D eigenvalue weighted by Gasteiger charge is 2.52. The van der Waals surface area contributed by atoms with E-state index in [1.807, 2.05) is 30.3 Å². The molecule has 1 aliphatic heterocycles. The van der Waals surface area contributed by atoms with E-state index in [2.05, 4.69) is 20.6 Å². The molecule has 5 atom stereocenters. The summed E-state index contributed by atoms with van der Waals surface area (Å²) in [4.78, 5) is 57.0. The number of nitrogens with zero attached hydrogens (tertiary/aromatic N) is 2. The van der Waals surface area contributed by atoms with E-state index in [0.717, 1.165) is 26.3 Å². The van der Waals surface area contributed by atoms with Crippen molar-refractivity contribution >= 4 is 47.2 Å². The minimum absolute atomic E-state index is 0.00404. The fourth-order valence-corrected chi connectivity index (χ4v) is 4.91. The van der Waals surface area contributed by atoms with Gasteiger partial charge in [0.15, 0.2) is 29.7 Å². The first-order valence-electron chi connectivity index (χ1n) is 14.0. The molecule has 46 heavy (non-hydrogen) atoms. The van der Waals surface area contributed by atoms with Gasteiger partial charge >= 0.3 is 23.9 Å². The Kier molecular flexibility index (Phi) is 11.2. The quantitative estimate of drug-likeness (QED) is 0.174. The van der Waals surface area contributed by atoms with Crippen LogP contribution in [0.2, 0.25) is 0 Å². The molecule has 242 valence electrons. The van der Waals surface area contributed by atoms with Crippen molar-refractivity contribution in [3.05, 3.63) is 60.7 Å². The number of aromatic nitrogens is 2. The fourth-order valence-electron chi connectivity index (χ4n) is 4.70. The lowest BCUT2D eigenvalue weighted by atomic mass is 9.97. The highest BCUT2D eigenvalue weighted by molar-refractivity contribution is 7.80. The van der Waals surface area contributed by atoms with Crippen molar-refractivity contribution in [2.24, 2.45) is 0 Å². The zero-order valence-electron chi connectivity index (χ0n) is 25.3. The van der Waals surface area contributed by atoms with Crippen LogP contribution in [0.1, 0.15) is 27.7 Å². The van der Waals surface area contributed by atoms with E-state index in [-0.39, 0.29) is 16.8 Å². The average molecular weight is 653 g/mol. The summed E-state index contributed by atoms with van der Waals surface area (Å²) in [6.45, 7) is 4.16. The number of hydrogen-bond acceptors (Lipinski definition) is 13. The molecular formula is C31H32N4O10S. The smallest absolute Gasteiger partial charge is 0.303 e. The molecule has 0 aliphatic carbocycles. The summed E-state index contributed by atoms with van der Waals surface area (Å²) in [5, 5.41) is 16.2. The molecule has 0 radical (unpaired) electrons. The van der Waals surface area contributed by atoms with Gasteiger partial charge in [0.25, 0.3) is 0 Å². The van der Waals surface area contributed by atoms with E-state index in [0.29, 0.717) is 17.0 Å². The van der Waals surface area contributed by atoms with Crippen molar-refractivity contribution in [1.82, 2.24) is 15.3 Å². The van der Waals surface area contributed by atoms with Gasteiger partial charge in [0, 0.05) is 38.8 Å². The second kappa shape index (κ2) is 15.2. The van der Waals surface area contributed by atoms with Gasteiger partial charge in [0.1, 0.15) is 18.5 Å². The number of carbonyl (C=O) groups is 4. The lowest BCUT2D eigenvalue weighted by molar-refractivity contribution is -0.254. The molecule has 1 aromatic heterocycles. The summed E-state index contributed by atoms with van der Waals surface area (Å²) in [6.07, 6.45) is -6.57. The van der Waals surface area contributed by atoms with Crippen LogP contribution in [0.4, 0.5) is 5.95 Å². The molecule has 0 bridgehead atoms. The monoisotopic (exact) mass is 652 g/mol. The third kappa shape index (κ3) is 8.95. The number of rotatable bonds is 9. The van der Waals surface area contributed by atoms with Gasteiger partial charge < -0.3 is 39.4 Å². The third-order valence-electron chi connectivity index (χ3n) is 6.47. The van der Waals surface area contributed by atoms with Gasteiger partial charge in [0.2, 0.25) is 5.95 Å². The number of ether oxygens (including phenoxy) is 5.